The number of hydrogen-bond donors (Lipinski definition) is 0. The normalized spacial score (nSPS) is 26.9. The van der Waals surface area contributed by atoms with Crippen LogP contribution in [0.5, 0.6) is 5.75 Å². The van der Waals surface area contributed by atoms with Crippen LogP contribution in [-0.2, 0) is 24.4 Å². The van der Waals surface area contributed by atoms with E-state index in [1.54, 1.807) is 14.0 Å². The predicted octanol–water partition coefficient (Wildman–Crippen LogP) is 4.26. The fourth-order valence-electron chi connectivity index (χ4n) is 6.61. The van der Waals surface area contributed by atoms with Crippen molar-refractivity contribution >= 4 is 25.4 Å². The van der Waals surface area contributed by atoms with E-state index in [9.17, 15) is 4.79 Å². The molecule has 1 aromatic rings. The summed E-state index contributed by atoms with van der Waals surface area (Å²) >= 11 is -0.0155. The molecule has 0 unspecified atom stereocenters. The van der Waals surface area contributed by atoms with Crippen molar-refractivity contribution in [3.05, 3.63) is 34.9 Å². The Kier molecular flexibility index (Phi) is 9.00. The number of esters is 1. The van der Waals surface area contributed by atoms with Crippen molar-refractivity contribution in [2.45, 2.75) is 64.7 Å². The second-order valence-electron chi connectivity index (χ2n) is 10.4. The van der Waals surface area contributed by atoms with Crippen LogP contribution in [0.4, 0.5) is 0 Å². The third kappa shape index (κ3) is 6.52. The number of hydrogen-bond acceptors (Lipinski definition) is 5. The molecule has 4 bridgehead atoms. The third-order valence-electron chi connectivity index (χ3n) is 7.65. The number of ether oxygens (including phenoxy) is 4. The number of aryl methyl sites for hydroxylation is 1. The number of carbonyl (C=O) groups excluding carboxylic acids is 1. The summed E-state index contributed by atoms with van der Waals surface area (Å²) in [4.78, 5) is 15.0. The zero-order valence-corrected chi connectivity index (χ0v) is 23.2. The quantitative estimate of drug-likeness (QED) is 0.110. The molecule has 0 radical (unpaired) electrons. The van der Waals surface area contributed by atoms with E-state index in [0.717, 1.165) is 29.1 Å². The Hall–Kier alpha value is -1.77. The van der Waals surface area contributed by atoms with Gasteiger partial charge >= 0.3 is 217 Å². The van der Waals surface area contributed by atoms with Gasteiger partial charge in [0.2, 0.25) is 0 Å². The van der Waals surface area contributed by atoms with Crippen molar-refractivity contribution in [3.8, 4) is 16.5 Å². The molecule has 4 aliphatic carbocycles. The van der Waals surface area contributed by atoms with Gasteiger partial charge in [-0.25, -0.2) is 0 Å². The second kappa shape index (κ2) is 12.0. The molecule has 5 rings (SSSR count). The average molecular weight is 546 g/mol. The van der Waals surface area contributed by atoms with E-state index in [1.165, 1.54) is 60.2 Å². The number of allylic oxidation sites excluding steroid dienone is 1. The molecule has 0 aromatic heterocycles. The molecule has 4 fully saturated rings. The van der Waals surface area contributed by atoms with E-state index < -0.39 is 0 Å². The third-order valence-corrected chi connectivity index (χ3v) is 9.46. The predicted molar refractivity (Wildman–Crippen MR) is 138 cm³/mol. The molecule has 0 spiro atoms. The molecule has 0 saturated heterocycles. The SMILES string of the molecule is CCOC(=O)C=C(C)C#C[Se]c1cc(C23CC4CC(CC(C4)C2)C3)c(OCOCCOC)cc1C. The van der Waals surface area contributed by atoms with Gasteiger partial charge in [0.25, 0.3) is 0 Å². The van der Waals surface area contributed by atoms with Gasteiger partial charge in [-0.2, -0.15) is 0 Å². The van der Waals surface area contributed by atoms with Crippen molar-refractivity contribution < 1.29 is 23.7 Å². The molecule has 190 valence electrons. The minimum atomic E-state index is -0.332. The number of methoxy groups -OCH3 is 1. The van der Waals surface area contributed by atoms with Crippen LogP contribution in [-0.4, -0.2) is 54.6 Å². The van der Waals surface area contributed by atoms with Gasteiger partial charge in [0, 0.05) is 0 Å². The average Bonchev–Trinajstić information content (AvgIpc) is 2.79. The Labute approximate surface area is 216 Å². The first kappa shape index (κ1) is 26.3. The summed E-state index contributed by atoms with van der Waals surface area (Å²) in [7, 11) is 1.68. The summed E-state index contributed by atoms with van der Waals surface area (Å²) in [6.07, 6.45) is 9.55. The maximum absolute atomic E-state index is 11.7. The van der Waals surface area contributed by atoms with Gasteiger partial charge in [0.05, 0.1) is 0 Å². The van der Waals surface area contributed by atoms with Crippen LogP contribution in [0.2, 0.25) is 0 Å². The molecule has 6 heteroatoms. The fourth-order valence-corrected chi connectivity index (χ4v) is 8.12. The van der Waals surface area contributed by atoms with Gasteiger partial charge in [0.1, 0.15) is 0 Å². The molecule has 0 heterocycles. The summed E-state index contributed by atoms with van der Waals surface area (Å²) in [5.74, 6) is 6.37. The second-order valence-corrected chi connectivity index (χ2v) is 12.2. The van der Waals surface area contributed by atoms with E-state index in [-0.39, 0.29) is 33.1 Å². The number of rotatable bonds is 10. The van der Waals surface area contributed by atoms with Crippen molar-refractivity contribution in [1.82, 2.24) is 0 Å². The zero-order chi connectivity index (χ0) is 24.8. The van der Waals surface area contributed by atoms with Crippen molar-refractivity contribution in [2.75, 3.05) is 33.7 Å². The summed E-state index contributed by atoms with van der Waals surface area (Å²) in [6, 6.07) is 4.60. The standard InChI is InChI=1S/C29H38O5Se/c1-5-33-28(30)10-20(2)6-9-35-27-15-25(26(11-21(27)3)34-19-32-8-7-31-4)29-16-22-12-23(17-29)14-24(13-22)18-29/h10-11,15,22-24H,5,7-8,12-14,16-19H2,1-4H3. The van der Waals surface area contributed by atoms with E-state index >= 15 is 0 Å². The van der Waals surface area contributed by atoms with Crippen LogP contribution < -0.4 is 9.20 Å². The molecule has 0 N–H and O–H groups in total. The van der Waals surface area contributed by atoms with E-state index in [0.29, 0.717) is 19.8 Å². The fraction of sp³-hybridized carbons (Fsp3) is 0.621. The van der Waals surface area contributed by atoms with Gasteiger partial charge in [0.15, 0.2) is 0 Å². The van der Waals surface area contributed by atoms with Crippen LogP contribution >= 0.6 is 0 Å². The molecule has 1 aromatic carbocycles. The molecular weight excluding hydrogens is 507 g/mol. The van der Waals surface area contributed by atoms with Gasteiger partial charge in [-0.15, -0.1) is 0 Å². The van der Waals surface area contributed by atoms with Crippen LogP contribution in [0.3, 0.4) is 0 Å². The van der Waals surface area contributed by atoms with Gasteiger partial charge in [-0.3, -0.25) is 0 Å². The summed E-state index contributed by atoms with van der Waals surface area (Å²) in [6.45, 7) is 7.50. The Balaban J connectivity index is 1.58. The van der Waals surface area contributed by atoms with E-state index in [2.05, 4.69) is 29.8 Å². The summed E-state index contributed by atoms with van der Waals surface area (Å²) in [5, 5.41) is 0. The zero-order valence-electron chi connectivity index (χ0n) is 21.5. The molecular formula is C29H38O5Se. The molecule has 4 saturated carbocycles. The van der Waals surface area contributed by atoms with Gasteiger partial charge in [-0.05, 0) is 0 Å². The summed E-state index contributed by atoms with van der Waals surface area (Å²) < 4.78 is 23.3. The molecule has 4 aliphatic rings. The molecule has 5 nitrogen and oxygen atoms in total. The molecule has 0 atom stereocenters. The van der Waals surface area contributed by atoms with Gasteiger partial charge in [-0.1, -0.05) is 0 Å². The van der Waals surface area contributed by atoms with Crippen LogP contribution in [0.15, 0.2) is 23.8 Å². The Morgan fingerprint density at radius 2 is 1.83 bits per heavy atom. The minimum absolute atomic E-state index is 0.0155. The number of carbonyl (C=O) groups is 1. The van der Waals surface area contributed by atoms with Crippen molar-refractivity contribution in [2.24, 2.45) is 17.8 Å². The molecule has 35 heavy (non-hydrogen) atoms. The van der Waals surface area contributed by atoms with Crippen LogP contribution in [0, 0.1) is 35.4 Å². The molecule has 0 amide bonds. The first-order valence-electron chi connectivity index (χ1n) is 12.8. The summed E-state index contributed by atoms with van der Waals surface area (Å²) in [5.41, 5.74) is 3.53. The van der Waals surface area contributed by atoms with E-state index in [1.807, 2.05) is 6.92 Å². The Morgan fingerprint density at radius 1 is 1.14 bits per heavy atom. The first-order chi connectivity index (χ1) is 16.9. The monoisotopic (exact) mass is 546 g/mol. The first-order valence-corrected chi connectivity index (χ1v) is 14.5. The Morgan fingerprint density at radius 3 is 2.46 bits per heavy atom. The van der Waals surface area contributed by atoms with Crippen LogP contribution in [0.25, 0.3) is 0 Å². The van der Waals surface area contributed by atoms with Gasteiger partial charge < -0.3 is 0 Å². The van der Waals surface area contributed by atoms with Crippen LogP contribution in [0.1, 0.15) is 63.5 Å². The van der Waals surface area contributed by atoms with Crippen molar-refractivity contribution in [1.29, 1.82) is 0 Å². The van der Waals surface area contributed by atoms with Crippen molar-refractivity contribution in [3.63, 3.8) is 0 Å². The number of benzene rings is 1. The Bertz CT molecular complexity index is 967. The van der Waals surface area contributed by atoms with E-state index in [4.69, 9.17) is 18.9 Å². The topological polar surface area (TPSA) is 54.0 Å². The maximum atomic E-state index is 11.7. The molecule has 0 aliphatic heterocycles.